The summed E-state index contributed by atoms with van der Waals surface area (Å²) in [5.41, 5.74) is 0.450. The number of pyridine rings is 1. The van der Waals surface area contributed by atoms with Crippen molar-refractivity contribution in [3.63, 3.8) is 0 Å². The van der Waals surface area contributed by atoms with Crippen LogP contribution in [0, 0.1) is 11.3 Å². The minimum absolute atomic E-state index is 0.0251. The van der Waals surface area contributed by atoms with Crippen LogP contribution in [0.1, 0.15) is 25.8 Å². The fourth-order valence-corrected chi connectivity index (χ4v) is 4.32. The Bertz CT molecular complexity index is 936. The number of benzene rings is 1. The molecule has 2 aromatic rings. The summed E-state index contributed by atoms with van der Waals surface area (Å²) in [6.45, 7) is 4.44. The van der Waals surface area contributed by atoms with Crippen LogP contribution in [0.25, 0.3) is 0 Å². The number of hydrogen-bond acceptors (Lipinski definition) is 6. The van der Waals surface area contributed by atoms with Crippen molar-refractivity contribution < 1.29 is 17.9 Å². The molecule has 0 amide bonds. The first-order chi connectivity index (χ1) is 12.9. The van der Waals surface area contributed by atoms with Gasteiger partial charge in [-0.25, -0.2) is 13.4 Å². The molecular weight excluding hydrogens is 366 g/mol. The summed E-state index contributed by atoms with van der Waals surface area (Å²) in [6.07, 6.45) is 1.78. The standard InChI is InChI=1S/C19H21N3O4S/c1-14(2)25-16-3-5-18(6-4-16)27(23,24)22-10-8-17(13-22)26-19-11-15(12-20)7-9-21-19/h3-7,9,11,14,17H,8,10,13H2,1-2H3. The van der Waals surface area contributed by atoms with Crippen LogP contribution in [0.3, 0.4) is 0 Å². The van der Waals surface area contributed by atoms with E-state index in [4.69, 9.17) is 14.7 Å². The molecule has 1 aliphatic heterocycles. The van der Waals surface area contributed by atoms with E-state index in [1.165, 1.54) is 10.5 Å². The highest BCUT2D eigenvalue weighted by atomic mass is 32.2. The lowest BCUT2D eigenvalue weighted by Crippen LogP contribution is -2.31. The summed E-state index contributed by atoms with van der Waals surface area (Å²) in [4.78, 5) is 4.30. The lowest BCUT2D eigenvalue weighted by Gasteiger charge is -2.17. The number of rotatable bonds is 6. The Hall–Kier alpha value is -2.63. The van der Waals surface area contributed by atoms with E-state index < -0.39 is 10.0 Å². The molecule has 0 bridgehead atoms. The third-order valence-corrected chi connectivity index (χ3v) is 5.97. The molecule has 2 heterocycles. The number of hydrogen-bond donors (Lipinski definition) is 0. The Morgan fingerprint density at radius 1 is 1.26 bits per heavy atom. The number of aromatic nitrogens is 1. The maximum atomic E-state index is 12.8. The van der Waals surface area contributed by atoms with Crippen molar-refractivity contribution in [2.24, 2.45) is 0 Å². The highest BCUT2D eigenvalue weighted by Gasteiger charge is 2.33. The van der Waals surface area contributed by atoms with E-state index in [0.29, 0.717) is 30.2 Å². The molecule has 1 saturated heterocycles. The Labute approximate surface area is 159 Å². The molecule has 8 heteroatoms. The molecule has 0 radical (unpaired) electrons. The first-order valence-electron chi connectivity index (χ1n) is 8.68. The van der Waals surface area contributed by atoms with Crippen LogP contribution in [-0.4, -0.2) is 43.0 Å². The summed E-state index contributed by atoms with van der Waals surface area (Å²) < 4.78 is 38.4. The van der Waals surface area contributed by atoms with Crippen molar-refractivity contribution in [2.75, 3.05) is 13.1 Å². The first kappa shape index (κ1) is 19.1. The SMILES string of the molecule is CC(C)Oc1ccc(S(=O)(=O)N2CCC(Oc3cc(C#N)ccn3)C2)cc1. The minimum Gasteiger partial charge on any atom is -0.491 e. The van der Waals surface area contributed by atoms with Gasteiger partial charge in [0.15, 0.2) is 0 Å². The predicted molar refractivity (Wildman–Crippen MR) is 98.9 cm³/mol. The summed E-state index contributed by atoms with van der Waals surface area (Å²) in [7, 11) is -3.60. The van der Waals surface area contributed by atoms with E-state index in [2.05, 4.69) is 4.98 Å². The van der Waals surface area contributed by atoms with Gasteiger partial charge in [-0.3, -0.25) is 0 Å². The number of sulfonamides is 1. The van der Waals surface area contributed by atoms with Gasteiger partial charge in [0, 0.05) is 18.8 Å². The summed E-state index contributed by atoms with van der Waals surface area (Å²) in [5, 5.41) is 8.94. The van der Waals surface area contributed by atoms with Crippen molar-refractivity contribution >= 4 is 10.0 Å². The largest absolute Gasteiger partial charge is 0.491 e. The fourth-order valence-electron chi connectivity index (χ4n) is 2.84. The quantitative estimate of drug-likeness (QED) is 0.756. The third kappa shape index (κ3) is 4.56. The maximum absolute atomic E-state index is 12.8. The van der Waals surface area contributed by atoms with E-state index in [1.807, 2.05) is 19.9 Å². The zero-order valence-electron chi connectivity index (χ0n) is 15.2. The Balaban J connectivity index is 1.67. The molecule has 1 aromatic heterocycles. The summed E-state index contributed by atoms with van der Waals surface area (Å²) in [6, 6.07) is 11.6. The van der Waals surface area contributed by atoms with Gasteiger partial charge in [-0.1, -0.05) is 0 Å². The molecule has 0 saturated carbocycles. The number of ether oxygens (including phenoxy) is 2. The van der Waals surface area contributed by atoms with E-state index in [-0.39, 0.29) is 23.6 Å². The van der Waals surface area contributed by atoms with Crippen molar-refractivity contribution in [2.45, 2.75) is 37.4 Å². The highest BCUT2D eigenvalue weighted by molar-refractivity contribution is 7.89. The highest BCUT2D eigenvalue weighted by Crippen LogP contribution is 2.25. The smallest absolute Gasteiger partial charge is 0.243 e. The number of nitrogens with zero attached hydrogens (tertiary/aromatic N) is 3. The molecule has 27 heavy (non-hydrogen) atoms. The lowest BCUT2D eigenvalue weighted by molar-refractivity contribution is 0.207. The summed E-state index contributed by atoms with van der Waals surface area (Å²) in [5.74, 6) is 0.962. The van der Waals surface area contributed by atoms with E-state index in [1.54, 1.807) is 36.4 Å². The maximum Gasteiger partial charge on any atom is 0.243 e. The molecular formula is C19H21N3O4S. The van der Waals surface area contributed by atoms with Crippen LogP contribution < -0.4 is 9.47 Å². The second kappa shape index (κ2) is 7.94. The van der Waals surface area contributed by atoms with Crippen molar-refractivity contribution in [1.82, 2.24) is 9.29 Å². The fraction of sp³-hybridized carbons (Fsp3) is 0.368. The van der Waals surface area contributed by atoms with Gasteiger partial charge >= 0.3 is 0 Å². The van der Waals surface area contributed by atoms with Crippen molar-refractivity contribution in [3.05, 3.63) is 48.2 Å². The molecule has 1 aliphatic rings. The molecule has 1 fully saturated rings. The molecule has 1 unspecified atom stereocenters. The second-order valence-electron chi connectivity index (χ2n) is 6.52. The Morgan fingerprint density at radius 2 is 2.00 bits per heavy atom. The molecule has 142 valence electrons. The van der Waals surface area contributed by atoms with Gasteiger partial charge in [0.25, 0.3) is 0 Å². The normalized spacial score (nSPS) is 17.6. The van der Waals surface area contributed by atoms with Gasteiger partial charge < -0.3 is 9.47 Å². The second-order valence-corrected chi connectivity index (χ2v) is 8.46. The van der Waals surface area contributed by atoms with E-state index in [9.17, 15) is 8.42 Å². The van der Waals surface area contributed by atoms with Gasteiger partial charge in [-0.2, -0.15) is 9.57 Å². The monoisotopic (exact) mass is 387 g/mol. The third-order valence-electron chi connectivity index (χ3n) is 4.09. The zero-order chi connectivity index (χ0) is 19.4. The molecule has 7 nitrogen and oxygen atoms in total. The van der Waals surface area contributed by atoms with Crippen LogP contribution in [0.15, 0.2) is 47.5 Å². The zero-order valence-corrected chi connectivity index (χ0v) is 16.0. The van der Waals surface area contributed by atoms with Gasteiger partial charge in [-0.05, 0) is 50.6 Å². The van der Waals surface area contributed by atoms with Crippen molar-refractivity contribution in [1.29, 1.82) is 5.26 Å². The topological polar surface area (TPSA) is 92.5 Å². The lowest BCUT2D eigenvalue weighted by atomic mass is 10.3. The van der Waals surface area contributed by atoms with Crippen molar-refractivity contribution in [3.8, 4) is 17.7 Å². The molecule has 0 spiro atoms. The van der Waals surface area contributed by atoms with Gasteiger partial charge in [0.1, 0.15) is 11.9 Å². The number of nitriles is 1. The molecule has 0 N–H and O–H groups in total. The molecule has 1 atom stereocenters. The minimum atomic E-state index is -3.60. The first-order valence-corrected chi connectivity index (χ1v) is 10.1. The van der Waals surface area contributed by atoms with Crippen LogP contribution in [-0.2, 0) is 10.0 Å². The van der Waals surface area contributed by atoms with Gasteiger partial charge in [-0.15, -0.1) is 0 Å². The van der Waals surface area contributed by atoms with E-state index in [0.717, 1.165) is 0 Å². The predicted octanol–water partition coefficient (Wildman–Crippen LogP) is 2.58. The average Bonchev–Trinajstić information content (AvgIpc) is 3.11. The van der Waals surface area contributed by atoms with Crippen LogP contribution in [0.4, 0.5) is 0 Å². The van der Waals surface area contributed by atoms with E-state index >= 15 is 0 Å². The summed E-state index contributed by atoms with van der Waals surface area (Å²) >= 11 is 0. The molecule has 0 aliphatic carbocycles. The Kier molecular flexibility index (Phi) is 5.63. The average molecular weight is 387 g/mol. The Morgan fingerprint density at radius 3 is 2.67 bits per heavy atom. The van der Waals surface area contributed by atoms with Gasteiger partial charge in [0.05, 0.1) is 29.2 Å². The molecule has 3 rings (SSSR count). The van der Waals surface area contributed by atoms with Crippen LogP contribution >= 0.6 is 0 Å². The molecule has 1 aromatic carbocycles. The van der Waals surface area contributed by atoms with Crippen LogP contribution in [0.5, 0.6) is 11.6 Å². The van der Waals surface area contributed by atoms with Crippen LogP contribution in [0.2, 0.25) is 0 Å². The van der Waals surface area contributed by atoms with Gasteiger partial charge in [0.2, 0.25) is 15.9 Å².